The maximum atomic E-state index is 12.0. The molecular formula is C11H12ClN5O. The van der Waals surface area contributed by atoms with Crippen LogP contribution < -0.4 is 5.32 Å². The molecule has 0 aliphatic heterocycles. The molecule has 2 aromatic heterocycles. The number of anilines is 1. The van der Waals surface area contributed by atoms with Crippen molar-refractivity contribution in [3.05, 3.63) is 33.9 Å². The lowest BCUT2D eigenvalue weighted by atomic mass is 10.2. The van der Waals surface area contributed by atoms with Gasteiger partial charge in [0, 0.05) is 11.4 Å². The summed E-state index contributed by atoms with van der Waals surface area (Å²) in [7, 11) is 0. The summed E-state index contributed by atoms with van der Waals surface area (Å²) in [5.41, 5.74) is 2.51. The third kappa shape index (κ3) is 2.48. The molecule has 0 unspecified atom stereocenters. The molecule has 2 aromatic rings. The van der Waals surface area contributed by atoms with Gasteiger partial charge in [-0.15, -0.1) is 0 Å². The van der Waals surface area contributed by atoms with Gasteiger partial charge < -0.3 is 0 Å². The number of carbonyl (C=O) groups excluding carboxylic acids is 1. The van der Waals surface area contributed by atoms with Crippen molar-refractivity contribution in [3.8, 4) is 0 Å². The first-order valence-corrected chi connectivity index (χ1v) is 5.69. The first-order chi connectivity index (χ1) is 8.47. The van der Waals surface area contributed by atoms with E-state index in [4.69, 9.17) is 11.6 Å². The van der Waals surface area contributed by atoms with E-state index in [-0.39, 0.29) is 11.9 Å². The zero-order valence-electron chi connectivity index (χ0n) is 10.2. The number of hydrogen-bond acceptors (Lipinski definition) is 4. The number of hydrogen-bond donors (Lipinski definition) is 2. The van der Waals surface area contributed by atoms with Crippen LogP contribution in [0.5, 0.6) is 0 Å². The van der Waals surface area contributed by atoms with Crippen LogP contribution in [-0.2, 0) is 0 Å². The number of aromatic amines is 1. The lowest BCUT2D eigenvalue weighted by Crippen LogP contribution is -2.16. The Balaban J connectivity index is 2.27. The number of halogens is 1. The van der Waals surface area contributed by atoms with Crippen molar-refractivity contribution >= 4 is 23.5 Å². The van der Waals surface area contributed by atoms with Gasteiger partial charge in [0.05, 0.1) is 11.3 Å². The van der Waals surface area contributed by atoms with E-state index in [9.17, 15) is 4.79 Å². The van der Waals surface area contributed by atoms with Crippen molar-refractivity contribution < 1.29 is 4.79 Å². The van der Waals surface area contributed by atoms with Gasteiger partial charge in [-0.3, -0.25) is 15.2 Å². The van der Waals surface area contributed by atoms with Crippen LogP contribution in [0.1, 0.15) is 27.4 Å². The summed E-state index contributed by atoms with van der Waals surface area (Å²) in [6, 6.07) is 1.62. The van der Waals surface area contributed by atoms with Crippen LogP contribution in [0.2, 0.25) is 5.15 Å². The van der Waals surface area contributed by atoms with E-state index >= 15 is 0 Å². The van der Waals surface area contributed by atoms with Crippen LogP contribution in [-0.4, -0.2) is 26.1 Å². The average Bonchev–Trinajstić information content (AvgIpc) is 2.56. The molecule has 18 heavy (non-hydrogen) atoms. The molecule has 0 saturated heterocycles. The summed E-state index contributed by atoms with van der Waals surface area (Å²) in [6.45, 7) is 5.30. The van der Waals surface area contributed by atoms with Gasteiger partial charge in [-0.25, -0.2) is 9.97 Å². The second-order valence-corrected chi connectivity index (χ2v) is 4.31. The Morgan fingerprint density at radius 3 is 2.61 bits per heavy atom. The SMILES string of the molecule is Cc1cc(Cl)nc(NC(=O)c2c(C)n[nH]c2C)n1. The highest BCUT2D eigenvalue weighted by molar-refractivity contribution is 6.29. The van der Waals surface area contributed by atoms with Gasteiger partial charge in [-0.1, -0.05) is 11.6 Å². The van der Waals surface area contributed by atoms with Gasteiger partial charge in [-0.05, 0) is 26.8 Å². The molecule has 0 radical (unpaired) electrons. The van der Waals surface area contributed by atoms with Crippen LogP contribution in [0, 0.1) is 20.8 Å². The van der Waals surface area contributed by atoms with E-state index < -0.39 is 0 Å². The predicted octanol–water partition coefficient (Wildman–Crippen LogP) is 2.03. The molecule has 2 rings (SSSR count). The van der Waals surface area contributed by atoms with Gasteiger partial charge in [0.15, 0.2) is 0 Å². The van der Waals surface area contributed by atoms with E-state index in [0.29, 0.717) is 27.8 Å². The standard InChI is InChI=1S/C11H12ClN5O/c1-5-4-8(12)14-11(13-5)15-10(18)9-6(2)16-17-7(9)3/h4H,1-3H3,(H,16,17)(H,13,14,15,18). The van der Waals surface area contributed by atoms with Crippen LogP contribution >= 0.6 is 11.6 Å². The van der Waals surface area contributed by atoms with Gasteiger partial charge >= 0.3 is 0 Å². The predicted molar refractivity (Wildman–Crippen MR) is 67.8 cm³/mol. The second-order valence-electron chi connectivity index (χ2n) is 3.92. The maximum absolute atomic E-state index is 12.0. The van der Waals surface area contributed by atoms with Crippen molar-refractivity contribution in [2.45, 2.75) is 20.8 Å². The summed E-state index contributed by atoms with van der Waals surface area (Å²) in [5.74, 6) is -0.120. The molecule has 6 nitrogen and oxygen atoms in total. The van der Waals surface area contributed by atoms with Gasteiger partial charge in [0.2, 0.25) is 5.95 Å². The summed E-state index contributed by atoms with van der Waals surface area (Å²) in [4.78, 5) is 20.1. The largest absolute Gasteiger partial charge is 0.290 e. The molecule has 7 heteroatoms. The Kier molecular flexibility index (Phi) is 3.29. The fourth-order valence-corrected chi connectivity index (χ4v) is 1.87. The van der Waals surface area contributed by atoms with Crippen molar-refractivity contribution in [2.75, 3.05) is 5.32 Å². The maximum Gasteiger partial charge on any atom is 0.261 e. The summed E-state index contributed by atoms with van der Waals surface area (Å²) < 4.78 is 0. The molecule has 2 N–H and O–H groups in total. The van der Waals surface area contributed by atoms with Crippen LogP contribution in [0.4, 0.5) is 5.95 Å². The molecule has 1 amide bonds. The minimum atomic E-state index is -0.305. The summed E-state index contributed by atoms with van der Waals surface area (Å²) in [5, 5.41) is 9.60. The van der Waals surface area contributed by atoms with Gasteiger partial charge in [-0.2, -0.15) is 5.10 Å². The fourth-order valence-electron chi connectivity index (χ4n) is 1.64. The minimum absolute atomic E-state index is 0.185. The van der Waals surface area contributed by atoms with Crippen molar-refractivity contribution in [2.24, 2.45) is 0 Å². The molecule has 0 saturated carbocycles. The van der Waals surface area contributed by atoms with E-state index in [0.717, 1.165) is 0 Å². The zero-order valence-corrected chi connectivity index (χ0v) is 11.0. The molecule has 2 heterocycles. The van der Waals surface area contributed by atoms with E-state index in [2.05, 4.69) is 25.5 Å². The molecule has 0 aromatic carbocycles. The first-order valence-electron chi connectivity index (χ1n) is 5.31. The Bertz CT molecular complexity index is 568. The van der Waals surface area contributed by atoms with Gasteiger partial charge in [0.1, 0.15) is 5.15 Å². The van der Waals surface area contributed by atoms with E-state index in [1.54, 1.807) is 26.8 Å². The van der Waals surface area contributed by atoms with E-state index in [1.807, 2.05) is 0 Å². The number of aryl methyl sites for hydroxylation is 3. The number of carbonyl (C=O) groups is 1. The highest BCUT2D eigenvalue weighted by atomic mass is 35.5. The van der Waals surface area contributed by atoms with E-state index in [1.165, 1.54) is 0 Å². The summed E-state index contributed by atoms with van der Waals surface area (Å²) in [6.07, 6.45) is 0. The number of aromatic nitrogens is 4. The highest BCUT2D eigenvalue weighted by Gasteiger charge is 2.16. The third-order valence-corrected chi connectivity index (χ3v) is 2.60. The van der Waals surface area contributed by atoms with Crippen molar-refractivity contribution in [3.63, 3.8) is 0 Å². The lowest BCUT2D eigenvalue weighted by Gasteiger charge is -2.04. The lowest BCUT2D eigenvalue weighted by molar-refractivity contribution is 0.102. The highest BCUT2D eigenvalue weighted by Crippen LogP contribution is 2.13. The Morgan fingerprint density at radius 2 is 2.06 bits per heavy atom. The number of H-pyrrole nitrogens is 1. The molecule has 0 aliphatic carbocycles. The number of nitrogens with zero attached hydrogens (tertiary/aromatic N) is 3. The molecule has 0 aliphatic rings. The first kappa shape index (κ1) is 12.5. The monoisotopic (exact) mass is 265 g/mol. The van der Waals surface area contributed by atoms with Crippen molar-refractivity contribution in [1.82, 2.24) is 20.2 Å². The number of rotatable bonds is 2. The van der Waals surface area contributed by atoms with Crippen molar-refractivity contribution in [1.29, 1.82) is 0 Å². The number of nitrogens with one attached hydrogen (secondary N) is 2. The van der Waals surface area contributed by atoms with Crippen LogP contribution in [0.15, 0.2) is 6.07 Å². The van der Waals surface area contributed by atoms with Crippen LogP contribution in [0.25, 0.3) is 0 Å². The molecule has 0 bridgehead atoms. The zero-order chi connectivity index (χ0) is 13.3. The smallest absolute Gasteiger partial charge is 0.261 e. The molecular weight excluding hydrogens is 254 g/mol. The number of amides is 1. The Hall–Kier alpha value is -1.95. The fraction of sp³-hybridized carbons (Fsp3) is 0.273. The molecule has 0 fully saturated rings. The second kappa shape index (κ2) is 4.73. The minimum Gasteiger partial charge on any atom is -0.290 e. The summed E-state index contributed by atoms with van der Waals surface area (Å²) >= 11 is 5.80. The third-order valence-electron chi connectivity index (χ3n) is 2.40. The Morgan fingerprint density at radius 1 is 1.33 bits per heavy atom. The van der Waals surface area contributed by atoms with Crippen LogP contribution in [0.3, 0.4) is 0 Å². The van der Waals surface area contributed by atoms with Gasteiger partial charge in [0.25, 0.3) is 5.91 Å². The quantitative estimate of drug-likeness (QED) is 0.814. The normalized spacial score (nSPS) is 10.4. The molecule has 94 valence electrons. The Labute approximate surface area is 109 Å². The topological polar surface area (TPSA) is 83.6 Å². The average molecular weight is 266 g/mol. The molecule has 0 spiro atoms. The molecule has 0 atom stereocenters.